The van der Waals surface area contributed by atoms with Crippen molar-refractivity contribution in [3.8, 4) is 0 Å². The molecule has 0 saturated heterocycles. The summed E-state index contributed by atoms with van der Waals surface area (Å²) in [5.74, 6) is -0.389. The van der Waals surface area contributed by atoms with Crippen LogP contribution in [0.1, 0.15) is 85.5 Å². The monoisotopic (exact) mass is 591 g/mol. The molecular weight excluding hydrogens is 546 g/mol. The molecule has 0 aliphatic carbocycles. The highest BCUT2D eigenvalue weighted by atomic mass is 16.6. The van der Waals surface area contributed by atoms with Crippen molar-refractivity contribution in [1.82, 2.24) is 9.80 Å². The Balaban J connectivity index is 3.02. The standard InChI is InChI=1S/C34H45N3O6/c1-12-26(24-20-16-14-17-21-24)36(30(39)42-33(6,7)8)28(35-29(38)41-32(3,4)5)37(31(40)43-34(9,10)11)27(13-2)25-22-18-15-19-23-25/h12-23,26-27H,1-2H2,3-11H3. The zero-order chi connectivity index (χ0) is 32.6. The minimum atomic E-state index is -1.03. The highest BCUT2D eigenvalue weighted by Crippen LogP contribution is 2.32. The Morgan fingerprint density at radius 3 is 1.23 bits per heavy atom. The van der Waals surface area contributed by atoms with Crippen molar-refractivity contribution in [1.29, 1.82) is 0 Å². The number of rotatable bonds is 6. The molecule has 9 nitrogen and oxygen atoms in total. The molecule has 0 fully saturated rings. The van der Waals surface area contributed by atoms with Gasteiger partial charge >= 0.3 is 18.3 Å². The van der Waals surface area contributed by atoms with E-state index >= 15 is 0 Å². The van der Waals surface area contributed by atoms with E-state index in [1.54, 1.807) is 111 Å². The normalized spacial score (nSPS) is 13.0. The van der Waals surface area contributed by atoms with Gasteiger partial charge in [-0.1, -0.05) is 72.8 Å². The van der Waals surface area contributed by atoms with Crippen molar-refractivity contribution in [3.05, 3.63) is 97.1 Å². The summed E-state index contributed by atoms with van der Waals surface area (Å²) in [5, 5.41) is 0. The molecule has 0 aromatic heterocycles. The van der Waals surface area contributed by atoms with Gasteiger partial charge in [-0.15, -0.1) is 18.2 Å². The fraction of sp³-hybridized carbons (Fsp3) is 0.412. The third-order valence-corrected chi connectivity index (χ3v) is 5.48. The molecule has 0 aliphatic heterocycles. The predicted octanol–water partition coefficient (Wildman–Crippen LogP) is 8.61. The lowest BCUT2D eigenvalue weighted by Gasteiger charge is -2.39. The average Bonchev–Trinajstić information content (AvgIpc) is 2.87. The molecule has 0 aliphatic rings. The van der Waals surface area contributed by atoms with E-state index in [0.717, 1.165) is 9.80 Å². The van der Waals surface area contributed by atoms with Crippen LogP contribution in [-0.4, -0.2) is 50.8 Å². The van der Waals surface area contributed by atoms with Gasteiger partial charge < -0.3 is 14.2 Å². The van der Waals surface area contributed by atoms with Gasteiger partial charge in [-0.25, -0.2) is 24.2 Å². The van der Waals surface area contributed by atoms with Crippen LogP contribution in [0.15, 0.2) is 91.0 Å². The lowest BCUT2D eigenvalue weighted by Crippen LogP contribution is -2.54. The number of nitrogens with zero attached hydrogens (tertiary/aromatic N) is 3. The lowest BCUT2D eigenvalue weighted by atomic mass is 10.0. The van der Waals surface area contributed by atoms with Gasteiger partial charge in [-0.2, -0.15) is 0 Å². The van der Waals surface area contributed by atoms with Crippen molar-refractivity contribution in [2.75, 3.05) is 0 Å². The molecule has 2 aromatic rings. The molecule has 0 bridgehead atoms. The first-order valence-corrected chi connectivity index (χ1v) is 14.1. The Morgan fingerprint density at radius 1 is 0.628 bits per heavy atom. The summed E-state index contributed by atoms with van der Waals surface area (Å²) in [6, 6.07) is 16.1. The molecule has 2 rings (SSSR count). The number of hydrogen-bond acceptors (Lipinski definition) is 6. The van der Waals surface area contributed by atoms with Crippen LogP contribution in [-0.2, 0) is 14.2 Å². The van der Waals surface area contributed by atoms with Gasteiger partial charge in [-0.3, -0.25) is 0 Å². The summed E-state index contributed by atoms with van der Waals surface area (Å²) in [4.78, 5) is 48.1. The molecule has 2 unspecified atom stereocenters. The number of aliphatic imine (C=N–C) groups is 1. The zero-order valence-electron chi connectivity index (χ0n) is 26.8. The van der Waals surface area contributed by atoms with Crippen molar-refractivity contribution in [2.24, 2.45) is 4.99 Å². The van der Waals surface area contributed by atoms with Crippen molar-refractivity contribution < 1.29 is 28.6 Å². The molecule has 232 valence electrons. The molecule has 3 amide bonds. The lowest BCUT2D eigenvalue weighted by molar-refractivity contribution is 0.0224. The fourth-order valence-electron chi connectivity index (χ4n) is 3.93. The molecule has 2 aromatic carbocycles. The third kappa shape index (κ3) is 10.7. The minimum Gasteiger partial charge on any atom is -0.443 e. The first kappa shape index (κ1) is 34.8. The summed E-state index contributed by atoms with van der Waals surface area (Å²) in [6.45, 7) is 23.3. The third-order valence-electron chi connectivity index (χ3n) is 5.48. The zero-order valence-corrected chi connectivity index (χ0v) is 26.8. The Bertz CT molecular complexity index is 1220. The largest absolute Gasteiger partial charge is 0.443 e. The summed E-state index contributed by atoms with van der Waals surface area (Å²) >= 11 is 0. The van der Waals surface area contributed by atoms with Gasteiger partial charge in [0.15, 0.2) is 0 Å². The van der Waals surface area contributed by atoms with Gasteiger partial charge in [0.2, 0.25) is 5.96 Å². The van der Waals surface area contributed by atoms with Crippen LogP contribution >= 0.6 is 0 Å². The second-order valence-electron chi connectivity index (χ2n) is 12.8. The van der Waals surface area contributed by atoms with Crippen LogP contribution in [0.4, 0.5) is 14.4 Å². The Kier molecular flexibility index (Phi) is 11.5. The molecule has 2 atom stereocenters. The maximum absolute atomic E-state index is 14.1. The number of ether oxygens (including phenoxy) is 3. The van der Waals surface area contributed by atoms with E-state index in [-0.39, 0.29) is 5.96 Å². The summed E-state index contributed by atoms with van der Waals surface area (Å²) in [7, 11) is 0. The minimum absolute atomic E-state index is 0.389. The topological polar surface area (TPSA) is 97.7 Å². The van der Waals surface area contributed by atoms with Crippen LogP contribution in [0.2, 0.25) is 0 Å². The highest BCUT2D eigenvalue weighted by molar-refractivity contribution is 6.06. The van der Waals surface area contributed by atoms with E-state index in [0.29, 0.717) is 11.1 Å². The molecule has 9 heteroatoms. The van der Waals surface area contributed by atoms with E-state index in [2.05, 4.69) is 18.2 Å². The van der Waals surface area contributed by atoms with Gasteiger partial charge in [0.05, 0.1) is 12.1 Å². The number of amides is 3. The SMILES string of the molecule is C=CC(c1ccccc1)N(C(=O)OC(C)(C)C)C(=NC(=O)OC(C)(C)C)N(C(=O)OC(C)(C)C)C(C=C)c1ccccc1. The van der Waals surface area contributed by atoms with Crippen LogP contribution < -0.4 is 0 Å². The quantitative estimate of drug-likeness (QED) is 0.144. The molecule has 0 N–H and O–H groups in total. The smallest absolute Gasteiger partial charge is 0.437 e. The van der Waals surface area contributed by atoms with Gasteiger partial charge in [0, 0.05) is 0 Å². The number of hydrogen-bond donors (Lipinski definition) is 0. The second kappa shape index (κ2) is 14.2. The van der Waals surface area contributed by atoms with E-state index < -0.39 is 47.2 Å². The van der Waals surface area contributed by atoms with Gasteiger partial charge in [0.1, 0.15) is 16.8 Å². The number of carbonyl (C=O) groups excluding carboxylic acids is 3. The molecule has 0 radical (unpaired) electrons. The number of guanidine groups is 1. The number of benzene rings is 2. The number of carbonyl (C=O) groups is 3. The van der Waals surface area contributed by atoms with E-state index in [4.69, 9.17) is 14.2 Å². The van der Waals surface area contributed by atoms with Crippen molar-refractivity contribution in [2.45, 2.75) is 91.2 Å². The van der Waals surface area contributed by atoms with Crippen LogP contribution in [0, 0.1) is 0 Å². The summed E-state index contributed by atoms with van der Waals surface area (Å²) in [5.41, 5.74) is -1.56. The van der Waals surface area contributed by atoms with Crippen LogP contribution in [0.3, 0.4) is 0 Å². The maximum atomic E-state index is 14.1. The van der Waals surface area contributed by atoms with Crippen molar-refractivity contribution >= 4 is 24.2 Å². The Morgan fingerprint density at radius 2 is 0.953 bits per heavy atom. The van der Waals surface area contributed by atoms with E-state index in [1.165, 1.54) is 12.2 Å². The van der Waals surface area contributed by atoms with Crippen LogP contribution in [0.25, 0.3) is 0 Å². The molecule has 0 spiro atoms. The first-order valence-electron chi connectivity index (χ1n) is 14.1. The second-order valence-corrected chi connectivity index (χ2v) is 12.8. The van der Waals surface area contributed by atoms with Crippen LogP contribution in [0.5, 0.6) is 0 Å². The van der Waals surface area contributed by atoms with Crippen molar-refractivity contribution in [3.63, 3.8) is 0 Å². The molecule has 0 saturated carbocycles. The van der Waals surface area contributed by atoms with Gasteiger partial charge in [-0.05, 0) is 73.4 Å². The molecular formula is C34H45N3O6. The highest BCUT2D eigenvalue weighted by Gasteiger charge is 2.42. The molecule has 0 heterocycles. The Labute approximate surface area is 255 Å². The maximum Gasteiger partial charge on any atom is 0.437 e. The first-order chi connectivity index (χ1) is 19.9. The van der Waals surface area contributed by atoms with E-state index in [9.17, 15) is 14.4 Å². The Hall–Kier alpha value is -4.40. The summed E-state index contributed by atoms with van der Waals surface area (Å²) in [6.07, 6.45) is 0.211. The molecule has 43 heavy (non-hydrogen) atoms. The van der Waals surface area contributed by atoms with E-state index in [1.807, 2.05) is 12.1 Å². The predicted molar refractivity (Wildman–Crippen MR) is 169 cm³/mol. The fourth-order valence-corrected chi connectivity index (χ4v) is 3.93. The summed E-state index contributed by atoms with van der Waals surface area (Å²) < 4.78 is 17.2. The average molecular weight is 592 g/mol. The van der Waals surface area contributed by atoms with Gasteiger partial charge in [0.25, 0.3) is 0 Å².